The van der Waals surface area contributed by atoms with Gasteiger partial charge in [-0.2, -0.15) is 9.97 Å². The quantitative estimate of drug-likeness (QED) is 0.828. The maximum Gasteiger partial charge on any atom is 0.223 e. The van der Waals surface area contributed by atoms with Gasteiger partial charge in [-0.3, -0.25) is 0 Å². The number of rotatable bonds is 3. The second-order valence-corrected chi connectivity index (χ2v) is 6.49. The second-order valence-electron chi connectivity index (χ2n) is 6.13. The minimum atomic E-state index is -0.296. The summed E-state index contributed by atoms with van der Waals surface area (Å²) in [7, 11) is 0. The van der Waals surface area contributed by atoms with E-state index in [1.807, 2.05) is 4.57 Å². The Hall–Kier alpha value is -1.44. The minimum absolute atomic E-state index is 0.0249. The molecule has 1 aliphatic carbocycles. The molecule has 1 aliphatic heterocycles. The number of hydrogen-bond donors (Lipinski definition) is 2. The number of aliphatic hydroxyl groups excluding tert-OH is 1. The van der Waals surface area contributed by atoms with Crippen molar-refractivity contribution in [3.8, 4) is 0 Å². The Balaban J connectivity index is 1.47. The summed E-state index contributed by atoms with van der Waals surface area (Å²) in [5.74, 6) is 0.654. The Morgan fingerprint density at radius 1 is 1.41 bits per heavy atom. The van der Waals surface area contributed by atoms with Crippen molar-refractivity contribution >= 4 is 28.7 Å². The van der Waals surface area contributed by atoms with Crippen molar-refractivity contribution in [2.75, 3.05) is 5.73 Å². The molecule has 0 radical (unpaired) electrons. The zero-order chi connectivity index (χ0) is 15.3. The van der Waals surface area contributed by atoms with Crippen LogP contribution in [0.25, 0.3) is 11.2 Å². The predicted octanol–water partition coefficient (Wildman–Crippen LogP) is 1.38. The number of fused-ring (bicyclic) bond motifs is 2. The highest BCUT2D eigenvalue weighted by atomic mass is 35.5. The number of aryl methyl sites for hydroxylation is 1. The fourth-order valence-electron chi connectivity index (χ4n) is 3.65. The zero-order valence-corrected chi connectivity index (χ0v) is 12.8. The van der Waals surface area contributed by atoms with Crippen molar-refractivity contribution < 1.29 is 9.84 Å². The first-order valence-corrected chi connectivity index (χ1v) is 7.97. The van der Waals surface area contributed by atoms with Crippen molar-refractivity contribution in [2.45, 2.75) is 50.5 Å². The van der Waals surface area contributed by atoms with Gasteiger partial charge < -0.3 is 20.1 Å². The summed E-state index contributed by atoms with van der Waals surface area (Å²) in [6, 6.07) is 0. The van der Waals surface area contributed by atoms with Crippen LogP contribution < -0.4 is 5.73 Å². The van der Waals surface area contributed by atoms with E-state index in [2.05, 4.69) is 15.0 Å². The lowest BCUT2D eigenvalue weighted by atomic mass is 10.0. The van der Waals surface area contributed by atoms with Crippen molar-refractivity contribution in [3.05, 3.63) is 11.5 Å². The number of ether oxygens (including phenoxy) is 1. The van der Waals surface area contributed by atoms with Gasteiger partial charge in [0.2, 0.25) is 5.95 Å². The normalized spacial score (nSPS) is 31.0. The molecule has 4 atom stereocenters. The molecule has 2 aromatic heterocycles. The number of anilines is 1. The molecule has 0 aromatic carbocycles. The van der Waals surface area contributed by atoms with Crippen LogP contribution in [0.4, 0.5) is 5.95 Å². The third-order valence-corrected chi connectivity index (χ3v) is 4.99. The number of aliphatic hydroxyl groups is 1. The second kappa shape index (κ2) is 5.33. The molecular formula is C14H18ClN5O2. The molecule has 2 aliphatic rings. The third kappa shape index (κ3) is 2.33. The fourth-order valence-corrected chi connectivity index (χ4v) is 3.87. The van der Waals surface area contributed by atoms with Crippen LogP contribution in [0.15, 0.2) is 6.33 Å². The number of nitrogens with zero attached hydrogens (tertiary/aromatic N) is 4. The summed E-state index contributed by atoms with van der Waals surface area (Å²) in [6.45, 7) is 0.726. The van der Waals surface area contributed by atoms with Crippen LogP contribution in [-0.4, -0.2) is 42.9 Å². The van der Waals surface area contributed by atoms with Crippen LogP contribution in [0.2, 0.25) is 5.15 Å². The lowest BCUT2D eigenvalue weighted by Crippen LogP contribution is -2.24. The van der Waals surface area contributed by atoms with Gasteiger partial charge in [-0.15, -0.1) is 0 Å². The van der Waals surface area contributed by atoms with Gasteiger partial charge in [-0.1, -0.05) is 11.6 Å². The number of nitrogens with two attached hydrogens (primary N) is 1. The first-order valence-electron chi connectivity index (χ1n) is 7.59. The van der Waals surface area contributed by atoms with Crippen molar-refractivity contribution in [3.63, 3.8) is 0 Å². The topological polar surface area (TPSA) is 99.1 Å². The zero-order valence-electron chi connectivity index (χ0n) is 12.0. The molecule has 1 saturated heterocycles. The summed E-state index contributed by atoms with van der Waals surface area (Å²) in [6.07, 6.45) is 5.41. The first-order chi connectivity index (χ1) is 10.6. The molecule has 4 rings (SSSR count). The molecule has 3 N–H and O–H groups in total. The highest BCUT2D eigenvalue weighted by Gasteiger charge is 2.43. The Morgan fingerprint density at radius 3 is 3.09 bits per heavy atom. The molecule has 22 heavy (non-hydrogen) atoms. The molecule has 118 valence electrons. The molecule has 0 spiro atoms. The Kier molecular flexibility index (Phi) is 3.43. The molecule has 1 unspecified atom stereocenters. The summed E-state index contributed by atoms with van der Waals surface area (Å²) in [5, 5.41) is 10.2. The van der Waals surface area contributed by atoms with E-state index in [9.17, 15) is 5.11 Å². The van der Waals surface area contributed by atoms with E-state index < -0.39 is 0 Å². The SMILES string of the molecule is Nc1nc(Cl)c2ncn(CCC3C[C@H]4CC[C@@H](O)[C@H]4O3)c2n1. The van der Waals surface area contributed by atoms with E-state index in [0.29, 0.717) is 17.1 Å². The van der Waals surface area contributed by atoms with Gasteiger partial charge in [-0.25, -0.2) is 4.98 Å². The number of hydrogen-bond acceptors (Lipinski definition) is 6. The van der Waals surface area contributed by atoms with Crippen molar-refractivity contribution in [1.29, 1.82) is 0 Å². The first kappa shape index (κ1) is 14.2. The average molecular weight is 324 g/mol. The van der Waals surface area contributed by atoms with Gasteiger partial charge in [0, 0.05) is 6.54 Å². The maximum atomic E-state index is 9.89. The van der Waals surface area contributed by atoms with Crippen LogP contribution >= 0.6 is 11.6 Å². The standard InChI is InChI=1S/C14H18ClN5O2/c15-12-10-13(19-14(16)18-12)20(6-17-10)4-3-8-5-7-1-2-9(21)11(7)22-8/h6-9,11,21H,1-5H2,(H2,16,18,19)/t7-,8?,9-,11+/m1/s1. The van der Waals surface area contributed by atoms with Gasteiger partial charge in [0.25, 0.3) is 0 Å². The van der Waals surface area contributed by atoms with Gasteiger partial charge in [0.15, 0.2) is 10.8 Å². The third-order valence-electron chi connectivity index (χ3n) is 4.72. The largest absolute Gasteiger partial charge is 0.390 e. The molecule has 2 fully saturated rings. The predicted molar refractivity (Wildman–Crippen MR) is 81.4 cm³/mol. The van der Waals surface area contributed by atoms with Crippen molar-refractivity contribution in [1.82, 2.24) is 19.5 Å². The van der Waals surface area contributed by atoms with Gasteiger partial charge in [0.1, 0.15) is 5.52 Å². The molecule has 0 bridgehead atoms. The monoisotopic (exact) mass is 323 g/mol. The van der Waals surface area contributed by atoms with Gasteiger partial charge in [0.05, 0.1) is 24.6 Å². The average Bonchev–Trinajstić information content (AvgIpc) is 3.13. The number of aromatic nitrogens is 4. The molecule has 7 nitrogen and oxygen atoms in total. The summed E-state index contributed by atoms with van der Waals surface area (Å²) >= 11 is 6.02. The van der Waals surface area contributed by atoms with E-state index in [4.69, 9.17) is 22.1 Å². The van der Waals surface area contributed by atoms with Crippen LogP contribution in [0.1, 0.15) is 25.7 Å². The molecule has 3 heterocycles. The Morgan fingerprint density at radius 2 is 2.27 bits per heavy atom. The van der Waals surface area contributed by atoms with E-state index >= 15 is 0 Å². The van der Waals surface area contributed by atoms with E-state index in [1.165, 1.54) is 0 Å². The molecule has 0 amide bonds. The lowest BCUT2D eigenvalue weighted by Gasteiger charge is -2.15. The van der Waals surface area contributed by atoms with Crippen molar-refractivity contribution in [2.24, 2.45) is 5.92 Å². The highest BCUT2D eigenvalue weighted by Crippen LogP contribution is 2.40. The molecule has 2 aromatic rings. The van der Waals surface area contributed by atoms with Crippen LogP contribution in [0.3, 0.4) is 0 Å². The number of nitrogen functional groups attached to an aromatic ring is 1. The van der Waals surface area contributed by atoms with Crippen LogP contribution in [-0.2, 0) is 11.3 Å². The van der Waals surface area contributed by atoms with E-state index in [-0.39, 0.29) is 29.4 Å². The van der Waals surface area contributed by atoms with Crippen LogP contribution in [0.5, 0.6) is 0 Å². The lowest BCUT2D eigenvalue weighted by molar-refractivity contribution is -0.0307. The van der Waals surface area contributed by atoms with Crippen LogP contribution in [0, 0.1) is 5.92 Å². The van der Waals surface area contributed by atoms with Gasteiger partial charge >= 0.3 is 0 Å². The number of halogens is 1. The van der Waals surface area contributed by atoms with Gasteiger partial charge in [-0.05, 0) is 31.6 Å². The molecule has 1 saturated carbocycles. The smallest absolute Gasteiger partial charge is 0.223 e. The molecular weight excluding hydrogens is 306 g/mol. The summed E-state index contributed by atoms with van der Waals surface area (Å²) in [5.41, 5.74) is 6.86. The number of imidazole rings is 1. The molecule has 8 heteroatoms. The summed E-state index contributed by atoms with van der Waals surface area (Å²) < 4.78 is 7.91. The minimum Gasteiger partial charge on any atom is -0.390 e. The Bertz CT molecular complexity index is 706. The maximum absolute atomic E-state index is 9.89. The summed E-state index contributed by atoms with van der Waals surface area (Å²) in [4.78, 5) is 12.4. The van der Waals surface area contributed by atoms with E-state index in [0.717, 1.165) is 32.2 Å². The fraction of sp³-hybridized carbons (Fsp3) is 0.643. The van der Waals surface area contributed by atoms with E-state index in [1.54, 1.807) is 6.33 Å². The Labute approximate surface area is 132 Å². The highest BCUT2D eigenvalue weighted by molar-refractivity contribution is 6.33.